The summed E-state index contributed by atoms with van der Waals surface area (Å²) in [5.41, 5.74) is 0.634. The number of rotatable bonds is 6. The van der Waals surface area contributed by atoms with Gasteiger partial charge in [0, 0.05) is 35.8 Å². The molecule has 9 heteroatoms. The van der Waals surface area contributed by atoms with E-state index in [1.807, 2.05) is 24.6 Å². The number of aryl methyl sites for hydroxylation is 2. The molecule has 2 heterocycles. The first-order valence-electron chi connectivity index (χ1n) is 9.95. The Hall–Kier alpha value is -2.58. The number of aromatic nitrogens is 1. The molecule has 2 bridgehead atoms. The highest BCUT2D eigenvalue weighted by Crippen LogP contribution is 2.60. The van der Waals surface area contributed by atoms with Crippen LogP contribution in [0.2, 0.25) is 5.02 Å². The topological polar surface area (TPSA) is 72.4 Å². The molecule has 6 rings (SSSR count). The van der Waals surface area contributed by atoms with Gasteiger partial charge in [0.25, 0.3) is 11.8 Å². The molecule has 0 radical (unpaired) electrons. The largest absolute Gasteiger partial charge is 0.484 e. The number of nitrogens with one attached hydrogen (secondary N) is 2. The van der Waals surface area contributed by atoms with Crippen molar-refractivity contribution in [2.24, 2.45) is 7.05 Å². The van der Waals surface area contributed by atoms with E-state index in [-0.39, 0.29) is 40.3 Å². The molecule has 31 heavy (non-hydrogen) atoms. The third-order valence-electron chi connectivity index (χ3n) is 6.14. The van der Waals surface area contributed by atoms with Crippen molar-refractivity contribution in [2.45, 2.75) is 37.3 Å². The highest BCUT2D eigenvalue weighted by Gasteiger charge is 2.69. The molecule has 0 atom stereocenters. The first-order valence-corrected chi connectivity index (χ1v) is 11.1. The molecule has 1 aromatic carbocycles. The SMILES string of the molecule is Cc1cn(C)c2sc(C(=O)NC34CC(NC(=O)COc5ccc(Cl)c(F)c5)(C3)C4)cc12. The van der Waals surface area contributed by atoms with Crippen LogP contribution in [0.1, 0.15) is 34.5 Å². The summed E-state index contributed by atoms with van der Waals surface area (Å²) in [4.78, 5) is 26.8. The van der Waals surface area contributed by atoms with Gasteiger partial charge >= 0.3 is 0 Å². The second-order valence-corrected chi connectivity index (χ2v) is 10.1. The molecule has 2 aromatic heterocycles. The van der Waals surface area contributed by atoms with Crippen molar-refractivity contribution in [1.29, 1.82) is 0 Å². The Balaban J connectivity index is 1.13. The van der Waals surface area contributed by atoms with Crippen LogP contribution < -0.4 is 15.4 Å². The number of carbonyl (C=O) groups excluding carboxylic acids is 2. The molecular formula is C22H21ClFN3O3S. The maximum Gasteiger partial charge on any atom is 0.261 e. The number of hydrogen-bond acceptors (Lipinski definition) is 4. The number of fused-ring (bicyclic) bond motifs is 1. The van der Waals surface area contributed by atoms with Crippen LogP contribution in [-0.4, -0.2) is 34.1 Å². The maximum atomic E-state index is 13.4. The Kier molecular flexibility index (Phi) is 4.57. The Labute approximate surface area is 187 Å². The highest BCUT2D eigenvalue weighted by atomic mass is 35.5. The summed E-state index contributed by atoms with van der Waals surface area (Å²) >= 11 is 7.13. The lowest BCUT2D eigenvalue weighted by molar-refractivity contribution is -0.141. The summed E-state index contributed by atoms with van der Waals surface area (Å²) in [6, 6.07) is 6.00. The van der Waals surface area contributed by atoms with Crippen molar-refractivity contribution in [1.82, 2.24) is 15.2 Å². The van der Waals surface area contributed by atoms with Crippen molar-refractivity contribution in [3.05, 3.63) is 51.7 Å². The van der Waals surface area contributed by atoms with Crippen LogP contribution in [0.25, 0.3) is 10.2 Å². The first-order chi connectivity index (χ1) is 14.7. The lowest BCUT2D eigenvalue weighted by Gasteiger charge is -2.70. The Morgan fingerprint density at radius 2 is 1.94 bits per heavy atom. The minimum Gasteiger partial charge on any atom is -0.484 e. The lowest BCUT2D eigenvalue weighted by atomic mass is 9.44. The van der Waals surface area contributed by atoms with Gasteiger partial charge in [-0.3, -0.25) is 9.59 Å². The van der Waals surface area contributed by atoms with E-state index in [1.54, 1.807) is 0 Å². The second kappa shape index (κ2) is 6.97. The highest BCUT2D eigenvalue weighted by molar-refractivity contribution is 7.20. The lowest BCUT2D eigenvalue weighted by Crippen LogP contribution is -2.84. The van der Waals surface area contributed by atoms with E-state index in [0.29, 0.717) is 24.1 Å². The van der Waals surface area contributed by atoms with Gasteiger partial charge in [0.05, 0.1) is 9.90 Å². The quantitative estimate of drug-likeness (QED) is 0.584. The molecule has 162 valence electrons. The summed E-state index contributed by atoms with van der Waals surface area (Å²) in [5.74, 6) is -0.675. The van der Waals surface area contributed by atoms with Crippen molar-refractivity contribution in [3.8, 4) is 5.75 Å². The van der Waals surface area contributed by atoms with Crippen LogP contribution in [0.4, 0.5) is 4.39 Å². The number of benzene rings is 1. The van der Waals surface area contributed by atoms with Crippen LogP contribution >= 0.6 is 22.9 Å². The molecule has 2 amide bonds. The molecule has 3 saturated carbocycles. The van der Waals surface area contributed by atoms with Gasteiger partial charge < -0.3 is 19.9 Å². The smallest absolute Gasteiger partial charge is 0.261 e. The van der Waals surface area contributed by atoms with Crippen LogP contribution in [-0.2, 0) is 11.8 Å². The molecule has 3 fully saturated rings. The third kappa shape index (κ3) is 3.47. The number of carbonyl (C=O) groups is 2. The number of amides is 2. The predicted molar refractivity (Wildman–Crippen MR) is 117 cm³/mol. The summed E-state index contributed by atoms with van der Waals surface area (Å²) in [7, 11) is 1.98. The average molecular weight is 462 g/mol. The van der Waals surface area contributed by atoms with Gasteiger partial charge in [-0.1, -0.05) is 11.6 Å². The number of halogens is 2. The van der Waals surface area contributed by atoms with E-state index in [4.69, 9.17) is 16.3 Å². The minimum atomic E-state index is -0.592. The third-order valence-corrected chi connectivity index (χ3v) is 7.67. The van der Waals surface area contributed by atoms with Crippen LogP contribution in [0.5, 0.6) is 5.75 Å². The fourth-order valence-electron chi connectivity index (χ4n) is 4.86. The molecule has 3 aromatic rings. The van der Waals surface area contributed by atoms with E-state index >= 15 is 0 Å². The van der Waals surface area contributed by atoms with E-state index in [2.05, 4.69) is 16.8 Å². The van der Waals surface area contributed by atoms with Gasteiger partial charge in [-0.25, -0.2) is 4.39 Å². The predicted octanol–water partition coefficient (Wildman–Crippen LogP) is 3.94. The molecule has 3 aliphatic carbocycles. The first kappa shape index (κ1) is 20.3. The van der Waals surface area contributed by atoms with Crippen LogP contribution in [0.3, 0.4) is 0 Å². The summed E-state index contributed by atoms with van der Waals surface area (Å²) in [6.45, 7) is 1.83. The Morgan fingerprint density at radius 3 is 2.61 bits per heavy atom. The number of hydrogen-bond donors (Lipinski definition) is 2. The van der Waals surface area contributed by atoms with E-state index < -0.39 is 5.82 Å². The summed E-state index contributed by atoms with van der Waals surface area (Å²) in [6.07, 6.45) is 4.18. The zero-order valence-electron chi connectivity index (χ0n) is 17.1. The van der Waals surface area contributed by atoms with Gasteiger partial charge in [0.2, 0.25) is 0 Å². The van der Waals surface area contributed by atoms with Crippen LogP contribution in [0.15, 0.2) is 30.5 Å². The standard InChI is InChI=1S/C22H21ClFN3O3S/c1-12-7-27(2)20-14(12)6-17(31-20)19(29)26-22-9-21(10-22,11-22)25-18(28)8-30-13-3-4-15(23)16(24)5-13/h3-7H,8-11H2,1-2H3,(H,25,28)(H,26,29). The monoisotopic (exact) mass is 461 g/mol. The van der Waals surface area contributed by atoms with Gasteiger partial charge in [-0.15, -0.1) is 11.3 Å². The van der Waals surface area contributed by atoms with Crippen molar-refractivity contribution >= 4 is 45.0 Å². The van der Waals surface area contributed by atoms with Crippen molar-refractivity contribution in [2.75, 3.05) is 6.61 Å². The Bertz CT molecular complexity index is 1180. The maximum absolute atomic E-state index is 13.4. The van der Waals surface area contributed by atoms with Gasteiger partial charge in [0.1, 0.15) is 16.4 Å². The normalized spacial score (nSPS) is 23.7. The molecule has 6 nitrogen and oxygen atoms in total. The van der Waals surface area contributed by atoms with Crippen LogP contribution in [0, 0.1) is 12.7 Å². The van der Waals surface area contributed by atoms with Gasteiger partial charge in [-0.2, -0.15) is 0 Å². The zero-order valence-corrected chi connectivity index (χ0v) is 18.6. The molecule has 0 spiro atoms. The Morgan fingerprint density at radius 1 is 1.23 bits per heavy atom. The molecule has 0 aliphatic heterocycles. The van der Waals surface area contributed by atoms with Crippen molar-refractivity contribution in [3.63, 3.8) is 0 Å². The van der Waals surface area contributed by atoms with Gasteiger partial charge in [-0.05, 0) is 49.9 Å². The number of nitrogens with zero attached hydrogens (tertiary/aromatic N) is 1. The molecule has 2 N–H and O–H groups in total. The summed E-state index contributed by atoms with van der Waals surface area (Å²) < 4.78 is 20.8. The zero-order chi connectivity index (χ0) is 22.0. The minimum absolute atomic E-state index is 0.00351. The van der Waals surface area contributed by atoms with Crippen molar-refractivity contribution < 1.29 is 18.7 Å². The van der Waals surface area contributed by atoms with E-state index in [1.165, 1.54) is 23.5 Å². The van der Waals surface area contributed by atoms with E-state index in [0.717, 1.165) is 21.8 Å². The number of thiophene rings is 1. The summed E-state index contributed by atoms with van der Waals surface area (Å²) in [5, 5.41) is 7.26. The average Bonchev–Trinajstić information content (AvgIpc) is 3.21. The molecule has 0 unspecified atom stereocenters. The molecular weight excluding hydrogens is 441 g/mol. The number of ether oxygens (including phenoxy) is 1. The fourth-order valence-corrected chi connectivity index (χ4v) is 6.03. The van der Waals surface area contributed by atoms with Gasteiger partial charge in [0.15, 0.2) is 6.61 Å². The second-order valence-electron chi connectivity index (χ2n) is 8.71. The molecule has 3 aliphatic rings. The molecule has 0 saturated heterocycles. The fraction of sp³-hybridized carbons (Fsp3) is 0.364. The van der Waals surface area contributed by atoms with E-state index in [9.17, 15) is 14.0 Å².